The third-order valence-corrected chi connectivity index (χ3v) is 11.7. The molecular formula is C54H100O6. The van der Waals surface area contributed by atoms with Crippen molar-refractivity contribution in [1.29, 1.82) is 0 Å². The quantitative estimate of drug-likeness (QED) is 0.0263. The highest BCUT2D eigenvalue weighted by Crippen LogP contribution is 2.16. The van der Waals surface area contributed by atoms with Gasteiger partial charge in [-0.3, -0.25) is 14.4 Å². The first-order valence-electron chi connectivity index (χ1n) is 26.3. The fraction of sp³-hybridized carbons (Fsp3) is 0.870. The molecule has 352 valence electrons. The van der Waals surface area contributed by atoms with E-state index < -0.39 is 6.10 Å². The molecule has 1 unspecified atom stereocenters. The molecule has 6 nitrogen and oxygen atoms in total. The van der Waals surface area contributed by atoms with Crippen LogP contribution in [0.25, 0.3) is 0 Å². The third kappa shape index (κ3) is 46.9. The predicted molar refractivity (Wildman–Crippen MR) is 256 cm³/mol. The van der Waals surface area contributed by atoms with E-state index in [0.29, 0.717) is 19.3 Å². The van der Waals surface area contributed by atoms with Crippen LogP contribution in [-0.4, -0.2) is 37.2 Å². The normalized spacial score (nSPS) is 12.1. The van der Waals surface area contributed by atoms with E-state index in [0.717, 1.165) is 70.6 Å². The minimum atomic E-state index is -0.772. The topological polar surface area (TPSA) is 78.9 Å². The van der Waals surface area contributed by atoms with E-state index in [-0.39, 0.29) is 31.1 Å². The number of hydrogen-bond acceptors (Lipinski definition) is 6. The molecular weight excluding hydrogens is 745 g/mol. The number of carbonyl (C=O) groups excluding carboxylic acids is 3. The summed E-state index contributed by atoms with van der Waals surface area (Å²) in [6.45, 7) is 6.61. The van der Waals surface area contributed by atoms with Crippen molar-refractivity contribution >= 4 is 17.9 Å². The fourth-order valence-electron chi connectivity index (χ4n) is 7.65. The molecule has 0 aromatic carbocycles. The Bertz CT molecular complexity index is 973. The maximum Gasteiger partial charge on any atom is 0.306 e. The molecule has 60 heavy (non-hydrogen) atoms. The monoisotopic (exact) mass is 845 g/mol. The summed E-state index contributed by atoms with van der Waals surface area (Å²) < 4.78 is 16.8. The second kappa shape index (κ2) is 49.5. The van der Waals surface area contributed by atoms with Gasteiger partial charge >= 0.3 is 17.9 Å². The molecule has 0 aliphatic carbocycles. The minimum Gasteiger partial charge on any atom is -0.462 e. The van der Waals surface area contributed by atoms with E-state index in [2.05, 4.69) is 45.1 Å². The van der Waals surface area contributed by atoms with Gasteiger partial charge in [0.15, 0.2) is 6.10 Å². The summed E-state index contributed by atoms with van der Waals surface area (Å²) >= 11 is 0. The van der Waals surface area contributed by atoms with E-state index in [1.165, 1.54) is 173 Å². The number of unbranched alkanes of at least 4 members (excludes halogenated alkanes) is 33. The zero-order valence-corrected chi connectivity index (χ0v) is 40.2. The average Bonchev–Trinajstić information content (AvgIpc) is 3.24. The Hall–Kier alpha value is -2.11. The Balaban J connectivity index is 4.31. The molecule has 0 bridgehead atoms. The SMILES string of the molecule is CCCC/C=C\CCCCCCCC(=O)OCC(COC(=O)CCCCCCC/C=C\CCCCCCCCCCC)OC(=O)CCCCCCCCCCCCCCC. The second-order valence-electron chi connectivity index (χ2n) is 17.8. The molecule has 0 N–H and O–H groups in total. The van der Waals surface area contributed by atoms with Crippen LogP contribution in [-0.2, 0) is 28.6 Å². The molecule has 0 saturated carbocycles. The molecule has 0 amide bonds. The number of allylic oxidation sites excluding steroid dienone is 4. The van der Waals surface area contributed by atoms with Crippen molar-refractivity contribution in [2.45, 2.75) is 290 Å². The molecule has 0 fully saturated rings. The Labute approximate surface area is 373 Å². The minimum absolute atomic E-state index is 0.0747. The van der Waals surface area contributed by atoms with Gasteiger partial charge in [-0.2, -0.15) is 0 Å². The van der Waals surface area contributed by atoms with Crippen LogP contribution in [0.15, 0.2) is 24.3 Å². The Morgan fingerprint density at radius 1 is 0.317 bits per heavy atom. The lowest BCUT2D eigenvalue weighted by molar-refractivity contribution is -0.167. The van der Waals surface area contributed by atoms with Crippen LogP contribution >= 0.6 is 0 Å². The molecule has 0 radical (unpaired) electrons. The van der Waals surface area contributed by atoms with Crippen LogP contribution < -0.4 is 0 Å². The number of ether oxygens (including phenoxy) is 3. The van der Waals surface area contributed by atoms with Gasteiger partial charge in [-0.15, -0.1) is 0 Å². The molecule has 1 atom stereocenters. The van der Waals surface area contributed by atoms with E-state index in [1.54, 1.807) is 0 Å². The summed E-state index contributed by atoms with van der Waals surface area (Å²) in [5, 5.41) is 0. The van der Waals surface area contributed by atoms with E-state index >= 15 is 0 Å². The van der Waals surface area contributed by atoms with Gasteiger partial charge in [0.2, 0.25) is 0 Å². The number of hydrogen-bond donors (Lipinski definition) is 0. The van der Waals surface area contributed by atoms with Crippen LogP contribution in [0.1, 0.15) is 284 Å². The van der Waals surface area contributed by atoms with Crippen molar-refractivity contribution in [1.82, 2.24) is 0 Å². The largest absolute Gasteiger partial charge is 0.462 e. The third-order valence-electron chi connectivity index (χ3n) is 11.7. The van der Waals surface area contributed by atoms with Crippen molar-refractivity contribution in [3.8, 4) is 0 Å². The zero-order valence-electron chi connectivity index (χ0n) is 40.2. The van der Waals surface area contributed by atoms with Gasteiger partial charge in [0.05, 0.1) is 0 Å². The Kier molecular flexibility index (Phi) is 47.8. The van der Waals surface area contributed by atoms with E-state index in [9.17, 15) is 14.4 Å². The van der Waals surface area contributed by atoms with Crippen molar-refractivity contribution in [2.75, 3.05) is 13.2 Å². The number of carbonyl (C=O) groups is 3. The predicted octanol–water partition coefficient (Wildman–Crippen LogP) is 17.2. The van der Waals surface area contributed by atoms with Crippen molar-refractivity contribution in [3.05, 3.63) is 24.3 Å². The highest BCUT2D eigenvalue weighted by Gasteiger charge is 2.19. The maximum atomic E-state index is 12.8. The summed E-state index contributed by atoms with van der Waals surface area (Å²) in [7, 11) is 0. The summed E-state index contributed by atoms with van der Waals surface area (Å²) in [5.41, 5.74) is 0. The van der Waals surface area contributed by atoms with Gasteiger partial charge < -0.3 is 14.2 Å². The van der Waals surface area contributed by atoms with E-state index in [4.69, 9.17) is 14.2 Å². The molecule has 0 rings (SSSR count). The summed E-state index contributed by atoms with van der Waals surface area (Å²) in [6, 6.07) is 0. The lowest BCUT2D eigenvalue weighted by Gasteiger charge is -2.18. The van der Waals surface area contributed by atoms with Crippen molar-refractivity contribution in [3.63, 3.8) is 0 Å². The highest BCUT2D eigenvalue weighted by molar-refractivity contribution is 5.71. The van der Waals surface area contributed by atoms with Gasteiger partial charge in [0.1, 0.15) is 13.2 Å². The lowest BCUT2D eigenvalue weighted by Crippen LogP contribution is -2.30. The average molecular weight is 845 g/mol. The van der Waals surface area contributed by atoms with Crippen molar-refractivity contribution in [2.24, 2.45) is 0 Å². The highest BCUT2D eigenvalue weighted by atomic mass is 16.6. The molecule has 0 aromatic rings. The van der Waals surface area contributed by atoms with Gasteiger partial charge in [0.25, 0.3) is 0 Å². The standard InChI is InChI=1S/C54H100O6/c1-4-7-10-13-16-19-22-24-25-26-27-28-30-32-35-38-41-44-47-53(56)59-50-51(49-58-52(55)46-43-40-37-34-31-21-18-15-12-9-6-3)60-54(57)48-45-42-39-36-33-29-23-20-17-14-11-8-5-2/h15,18,27-28,51H,4-14,16-17,19-26,29-50H2,1-3H3/b18-15-,28-27-. The van der Waals surface area contributed by atoms with Crippen molar-refractivity contribution < 1.29 is 28.6 Å². The van der Waals surface area contributed by atoms with Gasteiger partial charge in [-0.1, -0.05) is 225 Å². The maximum absolute atomic E-state index is 12.8. The molecule has 0 spiro atoms. The summed E-state index contributed by atoms with van der Waals surface area (Å²) in [6.07, 6.45) is 55.9. The Morgan fingerprint density at radius 3 is 0.883 bits per heavy atom. The molecule has 0 aromatic heterocycles. The first-order valence-corrected chi connectivity index (χ1v) is 26.3. The van der Waals surface area contributed by atoms with Crippen LogP contribution in [0.2, 0.25) is 0 Å². The van der Waals surface area contributed by atoms with Crippen LogP contribution in [0.3, 0.4) is 0 Å². The molecule has 0 heterocycles. The van der Waals surface area contributed by atoms with E-state index in [1.807, 2.05) is 0 Å². The zero-order chi connectivity index (χ0) is 43.7. The molecule has 0 aliphatic heterocycles. The summed E-state index contributed by atoms with van der Waals surface area (Å²) in [5.74, 6) is -0.879. The van der Waals surface area contributed by atoms with Gasteiger partial charge in [-0.05, 0) is 64.2 Å². The molecule has 0 aliphatic rings. The van der Waals surface area contributed by atoms with Crippen LogP contribution in [0.4, 0.5) is 0 Å². The fourth-order valence-corrected chi connectivity index (χ4v) is 7.65. The second-order valence-corrected chi connectivity index (χ2v) is 17.8. The van der Waals surface area contributed by atoms with Gasteiger partial charge in [-0.25, -0.2) is 0 Å². The summed E-state index contributed by atoms with van der Waals surface area (Å²) in [4.78, 5) is 37.9. The first kappa shape index (κ1) is 57.9. The Morgan fingerprint density at radius 2 is 0.567 bits per heavy atom. The van der Waals surface area contributed by atoms with Gasteiger partial charge in [0, 0.05) is 19.3 Å². The number of rotatable bonds is 48. The lowest BCUT2D eigenvalue weighted by atomic mass is 10.0. The smallest absolute Gasteiger partial charge is 0.306 e. The first-order chi connectivity index (χ1) is 29.5. The number of esters is 3. The molecule has 6 heteroatoms. The van der Waals surface area contributed by atoms with Crippen LogP contribution in [0.5, 0.6) is 0 Å². The molecule has 0 saturated heterocycles. The van der Waals surface area contributed by atoms with Crippen LogP contribution in [0, 0.1) is 0 Å².